The summed E-state index contributed by atoms with van der Waals surface area (Å²) >= 11 is 5.93. The minimum absolute atomic E-state index is 0.262. The van der Waals surface area contributed by atoms with E-state index >= 15 is 0 Å². The van der Waals surface area contributed by atoms with Crippen LogP contribution in [0.25, 0.3) is 0 Å². The van der Waals surface area contributed by atoms with Crippen LogP contribution in [0.4, 0.5) is 5.69 Å². The Bertz CT molecular complexity index is 457. The number of hydrogen-bond acceptors (Lipinski definition) is 3. The number of anilines is 1. The molecular formula is C9H11Cl2NO2S. The second kappa shape index (κ2) is 4.60. The maximum atomic E-state index is 11.0. The molecule has 0 bridgehead atoms. The van der Waals surface area contributed by atoms with Gasteiger partial charge in [0.25, 0.3) is 0 Å². The van der Waals surface area contributed by atoms with Gasteiger partial charge in [0, 0.05) is 41.1 Å². The van der Waals surface area contributed by atoms with Crippen LogP contribution in [-0.4, -0.2) is 22.5 Å². The normalized spacial score (nSPS) is 11.5. The first-order chi connectivity index (χ1) is 6.81. The highest BCUT2D eigenvalue weighted by molar-refractivity contribution is 8.13. The van der Waals surface area contributed by atoms with Gasteiger partial charge in [-0.15, -0.1) is 0 Å². The highest BCUT2D eigenvalue weighted by Gasteiger charge is 2.15. The van der Waals surface area contributed by atoms with Crippen LogP contribution >= 0.6 is 22.3 Å². The average molecular weight is 268 g/mol. The summed E-state index contributed by atoms with van der Waals surface area (Å²) in [5.41, 5.74) is 1.28. The maximum absolute atomic E-state index is 11.0. The van der Waals surface area contributed by atoms with Crippen LogP contribution in [0.3, 0.4) is 0 Å². The van der Waals surface area contributed by atoms with Crippen molar-refractivity contribution in [3.05, 3.63) is 28.8 Å². The van der Waals surface area contributed by atoms with Crippen LogP contribution in [-0.2, 0) is 14.8 Å². The summed E-state index contributed by atoms with van der Waals surface area (Å²) in [4.78, 5) is 1.79. The fourth-order valence-corrected chi connectivity index (χ4v) is 2.57. The third kappa shape index (κ3) is 3.55. The van der Waals surface area contributed by atoms with E-state index in [1.54, 1.807) is 23.1 Å². The molecule has 1 rings (SSSR count). The van der Waals surface area contributed by atoms with Gasteiger partial charge in [0.15, 0.2) is 0 Å². The molecule has 84 valence electrons. The van der Waals surface area contributed by atoms with Crippen molar-refractivity contribution in [3.8, 4) is 0 Å². The molecule has 0 spiro atoms. The molecule has 0 aliphatic carbocycles. The lowest BCUT2D eigenvalue weighted by molar-refractivity contribution is 0.609. The van der Waals surface area contributed by atoms with Crippen molar-refractivity contribution in [3.63, 3.8) is 0 Å². The summed E-state index contributed by atoms with van der Waals surface area (Å²) in [6, 6.07) is 5.21. The predicted octanol–water partition coefficient (Wildman–Crippen LogP) is 2.47. The van der Waals surface area contributed by atoms with Crippen molar-refractivity contribution in [2.45, 2.75) is 5.75 Å². The highest BCUT2D eigenvalue weighted by atomic mass is 35.7. The van der Waals surface area contributed by atoms with Crippen molar-refractivity contribution in [2.24, 2.45) is 0 Å². The van der Waals surface area contributed by atoms with E-state index in [-0.39, 0.29) is 5.75 Å². The van der Waals surface area contributed by atoms with Gasteiger partial charge in [0.05, 0.1) is 5.75 Å². The van der Waals surface area contributed by atoms with E-state index in [4.69, 9.17) is 22.3 Å². The summed E-state index contributed by atoms with van der Waals surface area (Å²) < 4.78 is 22.0. The van der Waals surface area contributed by atoms with Crippen LogP contribution < -0.4 is 4.90 Å². The van der Waals surface area contributed by atoms with Crippen LogP contribution in [0.5, 0.6) is 0 Å². The van der Waals surface area contributed by atoms with Crippen molar-refractivity contribution in [1.82, 2.24) is 0 Å². The third-order valence-electron chi connectivity index (χ3n) is 1.89. The Kier molecular flexibility index (Phi) is 3.87. The summed E-state index contributed by atoms with van der Waals surface area (Å²) in [7, 11) is 5.25. The number of hydrogen-bond donors (Lipinski definition) is 0. The topological polar surface area (TPSA) is 37.4 Å². The van der Waals surface area contributed by atoms with E-state index in [0.717, 1.165) is 5.69 Å². The summed E-state index contributed by atoms with van der Waals surface area (Å²) in [5, 5.41) is 0.408. The molecule has 0 unspecified atom stereocenters. The third-order valence-corrected chi connectivity index (χ3v) is 3.21. The number of halogens is 2. The minimum Gasteiger partial charge on any atom is -0.377 e. The highest BCUT2D eigenvalue weighted by Crippen LogP contribution is 2.28. The van der Waals surface area contributed by atoms with Crippen molar-refractivity contribution >= 4 is 37.0 Å². The van der Waals surface area contributed by atoms with Gasteiger partial charge >= 0.3 is 0 Å². The molecule has 0 aliphatic rings. The van der Waals surface area contributed by atoms with Crippen molar-refractivity contribution in [2.75, 3.05) is 19.0 Å². The van der Waals surface area contributed by atoms with Gasteiger partial charge in [-0.25, -0.2) is 8.42 Å². The molecule has 0 heterocycles. The molecule has 15 heavy (non-hydrogen) atoms. The fourth-order valence-electron chi connectivity index (χ4n) is 1.28. The summed E-state index contributed by atoms with van der Waals surface area (Å²) in [6.45, 7) is 0. The zero-order valence-corrected chi connectivity index (χ0v) is 10.7. The molecule has 0 radical (unpaired) electrons. The Morgan fingerprint density at radius 3 is 2.40 bits per heavy atom. The van der Waals surface area contributed by atoms with E-state index in [1.165, 1.54) is 0 Å². The summed E-state index contributed by atoms with van der Waals surface area (Å²) in [5.74, 6) is -0.262. The van der Waals surface area contributed by atoms with Gasteiger partial charge < -0.3 is 4.90 Å². The second-order valence-electron chi connectivity index (χ2n) is 3.32. The largest absolute Gasteiger partial charge is 0.377 e. The Labute approximate surface area is 99.0 Å². The number of benzene rings is 1. The molecule has 0 aromatic heterocycles. The smallest absolute Gasteiger partial charge is 0.236 e. The lowest BCUT2D eigenvalue weighted by Crippen LogP contribution is -2.12. The lowest BCUT2D eigenvalue weighted by Gasteiger charge is -2.17. The number of nitrogens with zero attached hydrogens (tertiary/aromatic N) is 1. The van der Waals surface area contributed by atoms with Crippen LogP contribution in [0, 0.1) is 0 Å². The zero-order valence-electron chi connectivity index (χ0n) is 8.37. The molecule has 0 aliphatic heterocycles. The first-order valence-electron chi connectivity index (χ1n) is 4.18. The molecule has 0 amide bonds. The van der Waals surface area contributed by atoms with Crippen LogP contribution in [0.1, 0.15) is 5.56 Å². The Balaban J connectivity index is 3.25. The van der Waals surface area contributed by atoms with Crippen LogP contribution in [0.15, 0.2) is 18.2 Å². The monoisotopic (exact) mass is 267 g/mol. The molecule has 1 aromatic carbocycles. The maximum Gasteiger partial charge on any atom is 0.236 e. The average Bonchev–Trinajstić information content (AvgIpc) is 2.05. The van der Waals surface area contributed by atoms with Gasteiger partial charge in [-0.05, 0) is 12.1 Å². The molecular weight excluding hydrogens is 257 g/mol. The zero-order chi connectivity index (χ0) is 11.6. The van der Waals surface area contributed by atoms with Gasteiger partial charge in [-0.3, -0.25) is 0 Å². The second-order valence-corrected chi connectivity index (χ2v) is 6.50. The van der Waals surface area contributed by atoms with Crippen LogP contribution in [0.2, 0.25) is 5.02 Å². The van der Waals surface area contributed by atoms with Gasteiger partial charge in [0.1, 0.15) is 0 Å². The van der Waals surface area contributed by atoms with Gasteiger partial charge in [-0.2, -0.15) is 0 Å². The van der Waals surface area contributed by atoms with E-state index in [0.29, 0.717) is 10.6 Å². The Morgan fingerprint density at radius 2 is 1.93 bits per heavy atom. The van der Waals surface area contributed by atoms with Crippen molar-refractivity contribution in [1.29, 1.82) is 0 Å². The first-order valence-corrected chi connectivity index (χ1v) is 7.04. The van der Waals surface area contributed by atoms with Gasteiger partial charge in [0.2, 0.25) is 9.05 Å². The molecule has 1 aromatic rings. The SMILES string of the molecule is CN(C)c1cccc(Cl)c1CS(=O)(=O)Cl. The molecule has 0 fully saturated rings. The molecule has 0 saturated carbocycles. The molecule has 0 N–H and O–H groups in total. The van der Waals surface area contributed by atoms with E-state index < -0.39 is 9.05 Å². The van der Waals surface area contributed by atoms with E-state index in [1.807, 2.05) is 14.1 Å². The Morgan fingerprint density at radius 1 is 1.33 bits per heavy atom. The first kappa shape index (κ1) is 12.6. The van der Waals surface area contributed by atoms with Gasteiger partial charge in [-0.1, -0.05) is 17.7 Å². The summed E-state index contributed by atoms with van der Waals surface area (Å²) in [6.07, 6.45) is 0. The standard InChI is InChI=1S/C9H11Cl2NO2S/c1-12(2)9-5-3-4-8(10)7(9)6-15(11,13)14/h3-5H,6H2,1-2H3. The van der Waals surface area contributed by atoms with Crippen molar-refractivity contribution < 1.29 is 8.42 Å². The molecule has 0 saturated heterocycles. The molecule has 3 nitrogen and oxygen atoms in total. The van der Waals surface area contributed by atoms with E-state index in [9.17, 15) is 8.42 Å². The molecule has 6 heteroatoms. The number of rotatable bonds is 3. The Hall–Kier alpha value is -0.450. The predicted molar refractivity (Wildman–Crippen MR) is 64.3 cm³/mol. The lowest BCUT2D eigenvalue weighted by atomic mass is 10.2. The minimum atomic E-state index is -3.59. The molecule has 0 atom stereocenters. The fraction of sp³-hybridized carbons (Fsp3) is 0.333. The quantitative estimate of drug-likeness (QED) is 0.790. The van der Waals surface area contributed by atoms with E-state index in [2.05, 4.69) is 0 Å².